The van der Waals surface area contributed by atoms with Crippen molar-refractivity contribution in [2.75, 3.05) is 26.3 Å². The predicted octanol–water partition coefficient (Wildman–Crippen LogP) is 11.3. The highest BCUT2D eigenvalue weighted by Gasteiger charge is 2.28. The second-order valence-electron chi connectivity index (χ2n) is 17.2. The van der Waals surface area contributed by atoms with E-state index >= 15 is 0 Å². The number of ether oxygens (including phenoxy) is 2. The largest absolute Gasteiger partial charge is 0.493 e. The molecular formula is C46H68N2O6S. The molecule has 304 valence electrons. The Balaban J connectivity index is 1.59. The van der Waals surface area contributed by atoms with Crippen LogP contribution in [-0.4, -0.2) is 43.4 Å². The van der Waals surface area contributed by atoms with Crippen LogP contribution in [0.1, 0.15) is 165 Å². The molecule has 0 saturated carbocycles. The van der Waals surface area contributed by atoms with Crippen LogP contribution in [-0.2, 0) is 26.0 Å². The number of carbonyl (C=O) groups is 2. The first kappa shape index (κ1) is 45.9. The zero-order chi connectivity index (χ0) is 41.0. The van der Waals surface area contributed by atoms with E-state index in [1.165, 1.54) is 22.3 Å². The van der Waals surface area contributed by atoms with Gasteiger partial charge in [-0.2, -0.15) is 4.33 Å². The highest BCUT2D eigenvalue weighted by Crippen LogP contribution is 2.40. The van der Waals surface area contributed by atoms with Gasteiger partial charge in [0.25, 0.3) is 11.8 Å². The minimum Gasteiger partial charge on any atom is -0.493 e. The number of nitrogens with one attached hydrogen (secondary N) is 2. The van der Waals surface area contributed by atoms with Gasteiger partial charge in [0.15, 0.2) is 0 Å². The maximum absolute atomic E-state index is 13.2. The number of hydrogen-bond donors (Lipinski definition) is 3. The van der Waals surface area contributed by atoms with Gasteiger partial charge in [0.05, 0.1) is 25.3 Å². The lowest BCUT2D eigenvalue weighted by Crippen LogP contribution is -2.28. The number of carbonyl (C=O) groups excluding carboxylic acids is 2. The topological polar surface area (TPSA) is 106 Å². The Morgan fingerprint density at radius 3 is 1.31 bits per heavy atom. The van der Waals surface area contributed by atoms with Gasteiger partial charge in [-0.3, -0.25) is 9.59 Å². The summed E-state index contributed by atoms with van der Waals surface area (Å²) in [5, 5.41) is 15.0. The molecule has 0 aliphatic rings. The van der Waals surface area contributed by atoms with Crippen molar-refractivity contribution in [2.45, 2.75) is 148 Å². The third-order valence-corrected chi connectivity index (χ3v) is 12.3. The molecule has 0 radical (unpaired) electrons. The minimum atomic E-state index is -0.332. The van der Waals surface area contributed by atoms with Gasteiger partial charge in [-0.25, -0.2) is 5.26 Å². The molecule has 2 amide bonds. The molecule has 0 atom stereocenters. The highest BCUT2D eigenvalue weighted by atomic mass is 32.2. The van der Waals surface area contributed by atoms with Gasteiger partial charge in [-0.05, 0) is 102 Å². The van der Waals surface area contributed by atoms with E-state index in [4.69, 9.17) is 14.7 Å². The molecule has 0 saturated heterocycles. The fourth-order valence-corrected chi connectivity index (χ4v) is 6.51. The molecule has 3 rings (SSSR count). The highest BCUT2D eigenvalue weighted by molar-refractivity contribution is 7.94. The molecule has 3 aromatic carbocycles. The van der Waals surface area contributed by atoms with Gasteiger partial charge in [-0.15, -0.1) is 0 Å². The quantitative estimate of drug-likeness (QED) is 0.0404. The number of rotatable bonds is 22. The van der Waals surface area contributed by atoms with Gasteiger partial charge >= 0.3 is 0 Å². The Hall–Kier alpha value is -3.53. The van der Waals surface area contributed by atoms with Crippen LogP contribution in [0.15, 0.2) is 59.5 Å². The second-order valence-corrected chi connectivity index (χ2v) is 18.0. The smallest absolute Gasteiger partial charge is 0.251 e. The third kappa shape index (κ3) is 12.5. The summed E-state index contributed by atoms with van der Waals surface area (Å²) in [6.45, 7) is 28.5. The van der Waals surface area contributed by atoms with Crippen molar-refractivity contribution in [2.24, 2.45) is 0 Å². The maximum atomic E-state index is 13.2. The first-order valence-corrected chi connectivity index (χ1v) is 20.8. The summed E-state index contributed by atoms with van der Waals surface area (Å²) in [6.07, 6.45) is 5.25. The van der Waals surface area contributed by atoms with Crippen molar-refractivity contribution < 1.29 is 28.7 Å². The van der Waals surface area contributed by atoms with Crippen LogP contribution in [0, 0.1) is 0 Å². The Morgan fingerprint density at radius 2 is 0.964 bits per heavy atom. The van der Waals surface area contributed by atoms with Gasteiger partial charge < -0.3 is 20.1 Å². The van der Waals surface area contributed by atoms with Crippen LogP contribution < -0.4 is 20.1 Å². The van der Waals surface area contributed by atoms with E-state index < -0.39 is 0 Å². The van der Waals surface area contributed by atoms with E-state index in [9.17, 15) is 9.59 Å². The molecule has 0 bridgehead atoms. The maximum Gasteiger partial charge on any atom is 0.251 e. The fourth-order valence-electron chi connectivity index (χ4n) is 6.07. The molecular weight excluding hydrogens is 709 g/mol. The first-order valence-electron chi connectivity index (χ1n) is 20.1. The predicted molar refractivity (Wildman–Crippen MR) is 227 cm³/mol. The van der Waals surface area contributed by atoms with Gasteiger partial charge in [-0.1, -0.05) is 107 Å². The van der Waals surface area contributed by atoms with E-state index in [1.807, 2.05) is 0 Å². The lowest BCUT2D eigenvalue weighted by atomic mass is 9.76. The lowest BCUT2D eigenvalue weighted by molar-refractivity contribution is -0.116. The molecule has 0 aliphatic heterocycles. The van der Waals surface area contributed by atoms with Gasteiger partial charge in [0.2, 0.25) is 0 Å². The van der Waals surface area contributed by atoms with E-state index in [0.29, 0.717) is 67.2 Å². The van der Waals surface area contributed by atoms with Crippen LogP contribution in [0.25, 0.3) is 0 Å². The molecule has 0 unspecified atom stereocenters. The van der Waals surface area contributed by atoms with Crippen molar-refractivity contribution in [3.8, 4) is 11.5 Å². The van der Waals surface area contributed by atoms with E-state index in [1.54, 1.807) is 18.2 Å². The summed E-state index contributed by atoms with van der Waals surface area (Å²) in [7, 11) is 0. The third-order valence-electron chi connectivity index (χ3n) is 11.8. The van der Waals surface area contributed by atoms with E-state index in [0.717, 1.165) is 37.2 Å². The summed E-state index contributed by atoms with van der Waals surface area (Å²) in [6, 6.07) is 17.8. The zero-order valence-electron chi connectivity index (χ0n) is 35.7. The standard InChI is InChI=1S/C46H68N2O6S/c1-13-43(5,6)34-19-21-39(37(30-34)45(9,10)15-3)52-25-17-23-47-41(49)32-27-33(29-36(28-32)55-54-51)42(50)48-24-18-26-53-40-22-20-35(44(7,8)14-2)31-38(40)46(11,12)16-4/h19-22,27-31,51H,13-18,23-26H2,1-12H3,(H,47,49)(H,48,50). The average molecular weight is 777 g/mol. The van der Waals surface area contributed by atoms with E-state index in [-0.39, 0.29) is 33.5 Å². The van der Waals surface area contributed by atoms with Crippen molar-refractivity contribution in [1.29, 1.82) is 0 Å². The molecule has 0 aliphatic carbocycles. The Bertz CT molecular complexity index is 1610. The molecule has 0 spiro atoms. The summed E-state index contributed by atoms with van der Waals surface area (Å²) in [5.41, 5.74) is 5.64. The van der Waals surface area contributed by atoms with Crippen LogP contribution in [0.3, 0.4) is 0 Å². The zero-order valence-corrected chi connectivity index (χ0v) is 36.5. The van der Waals surface area contributed by atoms with E-state index in [2.05, 4.69) is 134 Å². The fraction of sp³-hybridized carbons (Fsp3) is 0.565. The van der Waals surface area contributed by atoms with Crippen molar-refractivity contribution in [3.05, 3.63) is 88.0 Å². The van der Waals surface area contributed by atoms with Crippen LogP contribution >= 0.6 is 12.0 Å². The monoisotopic (exact) mass is 776 g/mol. The number of hydrogen-bond acceptors (Lipinski definition) is 7. The van der Waals surface area contributed by atoms with Crippen molar-refractivity contribution in [3.63, 3.8) is 0 Å². The lowest BCUT2D eigenvalue weighted by Gasteiger charge is -2.30. The van der Waals surface area contributed by atoms with Crippen molar-refractivity contribution in [1.82, 2.24) is 10.6 Å². The Morgan fingerprint density at radius 1 is 0.582 bits per heavy atom. The molecule has 3 N–H and O–H groups in total. The molecule has 3 aromatic rings. The number of benzene rings is 3. The first-order chi connectivity index (χ1) is 25.8. The SMILES string of the molecule is CCC(C)(C)c1ccc(OCCCNC(=O)c2cc(SOO)cc(C(=O)NCCCOc3ccc(C(C)(C)CC)cc3C(C)(C)CC)c2)c(C(C)(C)CC)c1. The molecule has 55 heavy (non-hydrogen) atoms. The second kappa shape index (κ2) is 20.1. The number of amides is 2. The van der Waals surface area contributed by atoms with Crippen LogP contribution in [0.4, 0.5) is 0 Å². The summed E-state index contributed by atoms with van der Waals surface area (Å²) in [4.78, 5) is 26.9. The molecule has 0 aromatic heterocycles. The normalized spacial score (nSPS) is 12.4. The van der Waals surface area contributed by atoms with Gasteiger partial charge in [0.1, 0.15) is 11.5 Å². The summed E-state index contributed by atoms with van der Waals surface area (Å²) >= 11 is 0.671. The molecule has 9 heteroatoms. The van der Waals surface area contributed by atoms with Gasteiger partial charge in [0, 0.05) is 40.2 Å². The molecule has 0 heterocycles. The minimum absolute atomic E-state index is 0.0448. The van der Waals surface area contributed by atoms with Crippen LogP contribution in [0.5, 0.6) is 11.5 Å². The Labute approximate surface area is 336 Å². The summed E-state index contributed by atoms with van der Waals surface area (Å²) in [5.74, 6) is 1.09. The summed E-state index contributed by atoms with van der Waals surface area (Å²) < 4.78 is 16.8. The molecule has 8 nitrogen and oxygen atoms in total. The Kier molecular flexibility index (Phi) is 16.7. The van der Waals surface area contributed by atoms with Crippen LogP contribution in [0.2, 0.25) is 0 Å². The molecule has 0 fully saturated rings. The van der Waals surface area contributed by atoms with Crippen molar-refractivity contribution >= 4 is 23.9 Å². The average Bonchev–Trinajstić information content (AvgIpc) is 3.17.